The molecule has 0 spiro atoms. The summed E-state index contributed by atoms with van der Waals surface area (Å²) in [6, 6.07) is 0. The summed E-state index contributed by atoms with van der Waals surface area (Å²) in [7, 11) is 0. The Morgan fingerprint density at radius 1 is 1.59 bits per heavy atom. The van der Waals surface area contributed by atoms with Crippen molar-refractivity contribution in [3.8, 4) is 12.3 Å². The lowest BCUT2D eigenvalue weighted by atomic mass is 9.76. The zero-order valence-electron chi connectivity index (χ0n) is 10.2. The third kappa shape index (κ3) is 3.48. The van der Waals surface area contributed by atoms with Crippen molar-refractivity contribution in [1.82, 2.24) is 5.32 Å². The quantitative estimate of drug-likeness (QED) is 0.729. The zero-order valence-corrected chi connectivity index (χ0v) is 10.2. The van der Waals surface area contributed by atoms with Crippen molar-refractivity contribution >= 4 is 11.9 Å². The van der Waals surface area contributed by atoms with Gasteiger partial charge in [-0.25, -0.2) is 4.79 Å². The van der Waals surface area contributed by atoms with Crippen LogP contribution in [0, 0.1) is 18.3 Å². The second-order valence-corrected chi connectivity index (χ2v) is 4.84. The summed E-state index contributed by atoms with van der Waals surface area (Å²) >= 11 is 0. The molecular formula is C13H19NO3. The highest BCUT2D eigenvalue weighted by Crippen LogP contribution is 2.32. The SMILES string of the molecule is C#CCCC(=O)NC1(C(=O)O)CCCC(C)C1. The highest BCUT2D eigenvalue weighted by molar-refractivity contribution is 5.87. The van der Waals surface area contributed by atoms with Gasteiger partial charge < -0.3 is 10.4 Å². The Morgan fingerprint density at radius 3 is 2.82 bits per heavy atom. The number of hydrogen-bond donors (Lipinski definition) is 2. The Labute approximate surface area is 102 Å². The van der Waals surface area contributed by atoms with Crippen molar-refractivity contribution in [2.75, 3.05) is 0 Å². The Balaban J connectivity index is 2.69. The molecule has 1 aliphatic rings. The fraction of sp³-hybridized carbons (Fsp3) is 0.692. The third-order valence-corrected chi connectivity index (χ3v) is 3.28. The van der Waals surface area contributed by atoms with E-state index in [9.17, 15) is 14.7 Å². The van der Waals surface area contributed by atoms with Gasteiger partial charge in [0.1, 0.15) is 5.54 Å². The van der Waals surface area contributed by atoms with Crippen LogP contribution in [0.1, 0.15) is 45.4 Å². The van der Waals surface area contributed by atoms with Gasteiger partial charge in [0.2, 0.25) is 5.91 Å². The molecule has 4 heteroatoms. The minimum Gasteiger partial charge on any atom is -0.480 e. The Hall–Kier alpha value is -1.50. The molecule has 1 aliphatic carbocycles. The Morgan fingerprint density at radius 2 is 2.29 bits per heavy atom. The Kier molecular flexibility index (Phi) is 4.56. The van der Waals surface area contributed by atoms with E-state index in [0.717, 1.165) is 12.8 Å². The average Bonchev–Trinajstić information content (AvgIpc) is 2.26. The number of carbonyl (C=O) groups excluding carboxylic acids is 1. The van der Waals surface area contributed by atoms with Crippen LogP contribution >= 0.6 is 0 Å². The van der Waals surface area contributed by atoms with Crippen LogP contribution in [0.4, 0.5) is 0 Å². The average molecular weight is 237 g/mol. The van der Waals surface area contributed by atoms with Crippen LogP contribution in [-0.2, 0) is 9.59 Å². The van der Waals surface area contributed by atoms with Crippen LogP contribution in [0.5, 0.6) is 0 Å². The lowest BCUT2D eigenvalue weighted by molar-refractivity contribution is -0.150. The first-order valence-electron chi connectivity index (χ1n) is 5.98. The maximum Gasteiger partial charge on any atom is 0.329 e. The molecule has 0 bridgehead atoms. The number of rotatable bonds is 4. The molecule has 1 fully saturated rings. The molecule has 4 nitrogen and oxygen atoms in total. The van der Waals surface area contributed by atoms with Crippen molar-refractivity contribution < 1.29 is 14.7 Å². The molecule has 0 aliphatic heterocycles. The van der Waals surface area contributed by atoms with E-state index >= 15 is 0 Å². The van der Waals surface area contributed by atoms with E-state index in [2.05, 4.69) is 11.2 Å². The van der Waals surface area contributed by atoms with Crippen LogP contribution in [0.3, 0.4) is 0 Å². The predicted molar refractivity (Wildman–Crippen MR) is 64.2 cm³/mol. The molecule has 0 aromatic rings. The van der Waals surface area contributed by atoms with Crippen LogP contribution < -0.4 is 5.32 Å². The van der Waals surface area contributed by atoms with E-state index in [-0.39, 0.29) is 12.3 Å². The Bertz CT molecular complexity index is 345. The van der Waals surface area contributed by atoms with Gasteiger partial charge in [-0.3, -0.25) is 4.79 Å². The monoisotopic (exact) mass is 237 g/mol. The molecule has 0 heterocycles. The first kappa shape index (κ1) is 13.6. The summed E-state index contributed by atoms with van der Waals surface area (Å²) in [5, 5.41) is 12.0. The van der Waals surface area contributed by atoms with Crippen molar-refractivity contribution in [1.29, 1.82) is 0 Å². The second-order valence-electron chi connectivity index (χ2n) is 4.84. The lowest BCUT2D eigenvalue weighted by Gasteiger charge is -2.37. The summed E-state index contributed by atoms with van der Waals surface area (Å²) in [6.07, 6.45) is 8.49. The standard InChI is InChI=1S/C13H19NO3/c1-3-4-7-11(15)14-13(12(16)17)8-5-6-10(2)9-13/h1,10H,4-9H2,2H3,(H,14,15)(H,16,17). The molecule has 1 saturated carbocycles. The molecule has 0 aromatic carbocycles. The number of carboxylic acids is 1. The molecule has 2 unspecified atom stereocenters. The molecular weight excluding hydrogens is 218 g/mol. The predicted octanol–water partition coefficient (Wildman–Crippen LogP) is 1.55. The summed E-state index contributed by atoms with van der Waals surface area (Å²) in [6.45, 7) is 2.02. The highest BCUT2D eigenvalue weighted by atomic mass is 16.4. The summed E-state index contributed by atoms with van der Waals surface area (Å²) in [5.41, 5.74) is -1.08. The summed E-state index contributed by atoms with van der Waals surface area (Å²) < 4.78 is 0. The van der Waals surface area contributed by atoms with Gasteiger partial charge in [-0.1, -0.05) is 19.8 Å². The van der Waals surface area contributed by atoms with Gasteiger partial charge in [0.15, 0.2) is 0 Å². The van der Waals surface area contributed by atoms with Gasteiger partial charge >= 0.3 is 5.97 Å². The maximum absolute atomic E-state index is 11.6. The number of nitrogens with one attached hydrogen (secondary N) is 1. The van der Waals surface area contributed by atoms with Gasteiger partial charge in [0.25, 0.3) is 0 Å². The number of carboxylic acid groups (broad SMARTS) is 1. The van der Waals surface area contributed by atoms with Crippen LogP contribution in [0.25, 0.3) is 0 Å². The smallest absolute Gasteiger partial charge is 0.329 e. The van der Waals surface area contributed by atoms with E-state index in [0.29, 0.717) is 25.2 Å². The lowest BCUT2D eigenvalue weighted by Crippen LogP contribution is -2.56. The molecule has 1 amide bonds. The molecule has 0 saturated heterocycles. The van der Waals surface area contributed by atoms with E-state index in [1.54, 1.807) is 0 Å². The molecule has 2 atom stereocenters. The fourth-order valence-corrected chi connectivity index (χ4v) is 2.43. The van der Waals surface area contributed by atoms with Crippen molar-refractivity contribution in [3.63, 3.8) is 0 Å². The highest BCUT2D eigenvalue weighted by Gasteiger charge is 2.42. The van der Waals surface area contributed by atoms with E-state index in [1.807, 2.05) is 6.92 Å². The summed E-state index contributed by atoms with van der Waals surface area (Å²) in [4.78, 5) is 23.0. The number of carbonyl (C=O) groups is 2. The third-order valence-electron chi connectivity index (χ3n) is 3.28. The zero-order chi connectivity index (χ0) is 12.9. The number of amides is 1. The summed E-state index contributed by atoms with van der Waals surface area (Å²) in [5.74, 6) is 1.51. The van der Waals surface area contributed by atoms with Crippen molar-refractivity contribution in [2.45, 2.75) is 51.0 Å². The number of aliphatic carboxylic acids is 1. The molecule has 94 valence electrons. The van der Waals surface area contributed by atoms with E-state index < -0.39 is 11.5 Å². The maximum atomic E-state index is 11.6. The first-order chi connectivity index (χ1) is 8.00. The van der Waals surface area contributed by atoms with E-state index in [1.165, 1.54) is 0 Å². The van der Waals surface area contributed by atoms with Crippen molar-refractivity contribution in [3.05, 3.63) is 0 Å². The minimum absolute atomic E-state index is 0.194. The van der Waals surface area contributed by atoms with Gasteiger partial charge in [-0.2, -0.15) is 0 Å². The van der Waals surface area contributed by atoms with Crippen LogP contribution in [0.15, 0.2) is 0 Å². The first-order valence-corrected chi connectivity index (χ1v) is 5.98. The van der Waals surface area contributed by atoms with Gasteiger partial charge in [0.05, 0.1) is 0 Å². The number of hydrogen-bond acceptors (Lipinski definition) is 2. The molecule has 2 N–H and O–H groups in total. The van der Waals surface area contributed by atoms with Gasteiger partial charge in [0, 0.05) is 12.8 Å². The van der Waals surface area contributed by atoms with Crippen LogP contribution in [0.2, 0.25) is 0 Å². The molecule has 1 rings (SSSR count). The van der Waals surface area contributed by atoms with Gasteiger partial charge in [-0.05, 0) is 18.8 Å². The van der Waals surface area contributed by atoms with Crippen molar-refractivity contribution in [2.24, 2.45) is 5.92 Å². The molecule has 0 radical (unpaired) electrons. The second kappa shape index (κ2) is 5.72. The fourth-order valence-electron chi connectivity index (χ4n) is 2.43. The normalized spacial score (nSPS) is 28.1. The molecule has 0 aromatic heterocycles. The van der Waals surface area contributed by atoms with Crippen LogP contribution in [-0.4, -0.2) is 22.5 Å². The number of terminal acetylenes is 1. The topological polar surface area (TPSA) is 66.4 Å². The minimum atomic E-state index is -1.08. The van der Waals surface area contributed by atoms with E-state index in [4.69, 9.17) is 6.42 Å². The van der Waals surface area contributed by atoms with Gasteiger partial charge in [-0.15, -0.1) is 12.3 Å². The molecule has 17 heavy (non-hydrogen) atoms. The largest absolute Gasteiger partial charge is 0.480 e.